The summed E-state index contributed by atoms with van der Waals surface area (Å²) in [6.07, 6.45) is 0.218. The van der Waals surface area contributed by atoms with Crippen LogP contribution in [-0.2, 0) is 82.3 Å². The van der Waals surface area contributed by atoms with E-state index >= 15 is 0 Å². The number of carboxylic acid groups (broad SMARTS) is 1. The van der Waals surface area contributed by atoms with Crippen LogP contribution < -0.4 is 11.1 Å². The Kier molecular flexibility index (Phi) is 29.3. The molecule has 4 aromatic heterocycles. The van der Waals surface area contributed by atoms with Crippen LogP contribution in [0.2, 0.25) is 10.0 Å². The molecule has 2 atom stereocenters. The Hall–Kier alpha value is -11.7. The Morgan fingerprint density at radius 1 is 0.528 bits per heavy atom. The lowest BCUT2D eigenvalue weighted by atomic mass is 9.99. The third-order valence-corrected chi connectivity index (χ3v) is 24.4. The number of nitrogens with one attached hydrogen (secondary N) is 1. The van der Waals surface area contributed by atoms with E-state index in [9.17, 15) is 19.5 Å². The van der Waals surface area contributed by atoms with Gasteiger partial charge in [0.05, 0.1) is 30.7 Å². The Balaban J connectivity index is 0.000000138. The van der Waals surface area contributed by atoms with E-state index in [0.29, 0.717) is 89.1 Å². The molecule has 0 spiro atoms. The van der Waals surface area contributed by atoms with Gasteiger partial charge in [0.25, 0.3) is 0 Å². The van der Waals surface area contributed by atoms with E-state index in [2.05, 4.69) is 112 Å². The molecule has 11 heterocycles. The summed E-state index contributed by atoms with van der Waals surface area (Å²) in [6.45, 7) is 20.4. The van der Waals surface area contributed by atoms with E-state index in [0.717, 1.165) is 131 Å². The number of nitrogen functional groups attached to an aromatic ring is 1. The second-order valence-corrected chi connectivity index (χ2v) is 37.5. The van der Waals surface area contributed by atoms with Crippen LogP contribution in [0.25, 0.3) is 10.0 Å². The van der Waals surface area contributed by atoms with Crippen LogP contribution in [0, 0.1) is 41.5 Å². The van der Waals surface area contributed by atoms with Crippen molar-refractivity contribution < 1.29 is 47.9 Å². The van der Waals surface area contributed by atoms with Crippen molar-refractivity contribution in [2.75, 3.05) is 67.4 Å². The fourth-order valence-corrected chi connectivity index (χ4v) is 18.1. The summed E-state index contributed by atoms with van der Waals surface area (Å²) in [5.74, 6) is 3.94. The number of amides is 1. The van der Waals surface area contributed by atoms with Crippen LogP contribution in [0.4, 0.5) is 11.4 Å². The van der Waals surface area contributed by atoms with Crippen molar-refractivity contribution >= 4 is 159 Å². The summed E-state index contributed by atoms with van der Waals surface area (Å²) >= 11 is 27.4. The molecule has 0 saturated heterocycles. The maximum Gasteiger partial charge on any atom is 0.310 e. The number of esters is 1. The average molecular weight is 1940 g/mol. The predicted octanol–water partition coefficient (Wildman–Crippen LogP) is 18.1. The first-order valence-corrected chi connectivity index (χ1v) is 44.7. The molecule has 35 heteroatoms. The molecule has 4 N–H and O–H groups in total. The molecule has 0 aliphatic carbocycles. The first kappa shape index (κ1) is 92.9. The zero-order valence-corrected chi connectivity index (χ0v) is 80.3. The van der Waals surface area contributed by atoms with E-state index in [1.807, 2.05) is 234 Å². The number of halogens is 4. The van der Waals surface area contributed by atoms with Crippen LogP contribution in [0.15, 0.2) is 179 Å². The predicted molar refractivity (Wildman–Crippen MR) is 510 cm³/mol. The summed E-state index contributed by atoms with van der Waals surface area (Å²) < 4.78 is 38.9. The highest BCUT2D eigenvalue weighted by molar-refractivity contribution is 9.10. The zero-order chi connectivity index (χ0) is 91.1. The topological polar surface area (TPSA) is 313 Å². The molecule has 0 unspecified atom stereocenters. The lowest BCUT2D eigenvalue weighted by Gasteiger charge is -2.19. The van der Waals surface area contributed by atoms with Crippen molar-refractivity contribution in [2.45, 2.75) is 132 Å². The number of nitrogens with zero attached hydrogens (tertiary/aromatic N) is 16. The maximum atomic E-state index is 13.4. The molecular formula is C92H96Br2Cl2N18O10S3. The number of thiophene rings is 2. The Morgan fingerprint density at radius 2 is 0.913 bits per heavy atom. The zero-order valence-electron chi connectivity index (χ0n) is 73.2. The van der Waals surface area contributed by atoms with Crippen molar-refractivity contribution in [1.29, 1.82) is 0 Å². The number of hydrogen-bond acceptors (Lipinski definition) is 27. The van der Waals surface area contributed by atoms with E-state index in [4.69, 9.17) is 79.6 Å². The number of anilines is 2. The number of aryl methyl sites for hydroxylation is 4. The van der Waals surface area contributed by atoms with Crippen molar-refractivity contribution in [3.63, 3.8) is 0 Å². The molecule has 7 aromatic carbocycles. The third-order valence-electron chi connectivity index (χ3n) is 20.2. The maximum absolute atomic E-state index is 13.4. The highest BCUT2D eigenvalue weighted by Crippen LogP contribution is 2.43. The SMILES string of the molecule is CN(C)/N=C1\OCc2cc(Br)ccc21.CN(C)/N=C1\OCc2cc(CC(=O)OC(C)(C)C)ccc21.CN(C)/N=C1\OCc2cc(N)ccc21.Cc1sc2c(c1C)C(c1ccc(Cl)cc1)=N[C@@H](CC(=O)Nc1ccc3c(c1)CO/C3=N\N(C)C)c1nnc(C)n1-2.Cc1sc2c(c1C)C(c1ccc(Cl)cc1)=N[C@@H](CC(=O)O)c1nnc(C)n1-2.S=C1OCc2cc(Br)ccc21. The largest absolute Gasteiger partial charge is 0.481 e. The number of ether oxygens (including phenoxy) is 6. The number of thiocarbonyl (C=S) groups is 1. The number of nitrogens with two attached hydrogens (primary N) is 1. The van der Waals surface area contributed by atoms with Gasteiger partial charge in [0.15, 0.2) is 16.7 Å². The fraction of sp³-hybridized carbons (Fsp3) is 0.304. The van der Waals surface area contributed by atoms with Crippen LogP contribution in [0.5, 0.6) is 0 Å². The van der Waals surface area contributed by atoms with Crippen molar-refractivity contribution in [3.8, 4) is 10.0 Å². The van der Waals surface area contributed by atoms with Gasteiger partial charge in [-0.3, -0.25) is 53.5 Å². The van der Waals surface area contributed by atoms with Gasteiger partial charge in [-0.25, -0.2) is 0 Å². The second-order valence-electron chi connectivity index (χ2n) is 32.0. The molecular weight excluding hydrogens is 1840 g/mol. The Morgan fingerprint density at radius 3 is 1.35 bits per heavy atom. The number of carbonyl (C=O) groups excluding carboxylic acids is 2. The minimum Gasteiger partial charge on any atom is -0.481 e. The first-order valence-electron chi connectivity index (χ1n) is 40.3. The molecule has 660 valence electrons. The number of hydrazone groups is 4. The Bertz CT molecular complexity index is 6170. The van der Waals surface area contributed by atoms with Crippen LogP contribution in [0.1, 0.15) is 173 Å². The molecule has 0 bridgehead atoms. The molecule has 1 amide bonds. The van der Waals surface area contributed by atoms with E-state index in [-0.39, 0.29) is 31.1 Å². The highest BCUT2D eigenvalue weighted by Gasteiger charge is 2.36. The number of benzene rings is 7. The summed E-state index contributed by atoms with van der Waals surface area (Å²) in [7, 11) is 14.9. The Labute approximate surface area is 777 Å². The molecule has 0 fully saturated rings. The van der Waals surface area contributed by atoms with Crippen molar-refractivity contribution in [2.24, 2.45) is 30.4 Å². The summed E-state index contributed by atoms with van der Waals surface area (Å²) in [4.78, 5) is 49.2. The molecule has 7 aliphatic rings. The van der Waals surface area contributed by atoms with Gasteiger partial charge in [-0.15, -0.1) is 63.5 Å². The number of aliphatic imine (C=N–C) groups is 2. The van der Waals surface area contributed by atoms with Crippen molar-refractivity contribution in [3.05, 3.63) is 286 Å². The van der Waals surface area contributed by atoms with Gasteiger partial charge in [-0.05, 0) is 194 Å². The van der Waals surface area contributed by atoms with Gasteiger partial charge in [-0.1, -0.05) is 91.5 Å². The van der Waals surface area contributed by atoms with Crippen LogP contribution in [0.3, 0.4) is 0 Å². The normalized spacial score (nSPS) is 16.0. The van der Waals surface area contributed by atoms with Gasteiger partial charge < -0.3 is 44.6 Å². The fourth-order valence-electron chi connectivity index (χ4n) is 14.3. The van der Waals surface area contributed by atoms with Gasteiger partial charge in [0.2, 0.25) is 29.5 Å². The minimum atomic E-state index is -0.926. The molecule has 7 aliphatic heterocycles. The standard InChI is InChI=1S/C29H28ClN7O2S.C19H17ClN4O2S.C16H22N2O3.C10H11BrN2O.C10H13N3O.C8H5BrOS/c1-15-16(2)40-29-25(15)26(18-6-8-20(30)9-7-18)32-23(27-34-33-17(3)37(27)29)13-24(38)31-21-10-11-22-19(12-21)14-39-28(22)35-36(4)5;1-9-10(2)27-19-16(9)17(12-4-6-13(20)7-5-12)21-14(8-15(25)26)18-23-22-11(3)24(18)19;1-16(2,3)21-14(19)9-11-6-7-13-12(8-11)10-20-15(13)17-18(4)5;2*1-13(2)12-10-9-4-3-8(11)5-7(9)6-14-10;9-6-1-2-7-5(3-6)4-10-8(7)11/h6-12,23H,13-14H2,1-5H3,(H,31,38);4-7,14H,8H2,1-3H3,(H,25,26);6-8H,9-10H2,1-5H3;3-5H,6H2,1-2H3;3-5H,6,11H2,1-2H3;1-3H,4H2/b35-28-;;17-15-;2*12-10-;/t23-;14-;;;;/m00..../s1. The molecule has 11 aromatic rings. The van der Waals surface area contributed by atoms with E-state index in [1.165, 1.54) is 20.9 Å². The van der Waals surface area contributed by atoms with E-state index < -0.39 is 23.7 Å². The molecule has 0 saturated carbocycles. The quantitative estimate of drug-likeness (QED) is 0.0418. The van der Waals surface area contributed by atoms with Gasteiger partial charge in [0.1, 0.15) is 72.4 Å². The molecule has 18 rings (SSSR count). The van der Waals surface area contributed by atoms with Crippen LogP contribution in [-0.4, -0.2) is 175 Å². The van der Waals surface area contributed by atoms with Gasteiger partial charge >= 0.3 is 11.9 Å². The number of fused-ring (bicyclic) bond motifs is 11. The number of hydrogen-bond donors (Lipinski definition) is 3. The van der Waals surface area contributed by atoms with Crippen LogP contribution >= 0.6 is 90.0 Å². The van der Waals surface area contributed by atoms with Gasteiger partial charge in [-0.2, -0.15) is 0 Å². The second kappa shape index (κ2) is 40.1. The van der Waals surface area contributed by atoms with Crippen molar-refractivity contribution in [1.82, 2.24) is 49.6 Å². The van der Waals surface area contributed by atoms with E-state index in [1.54, 1.807) is 42.7 Å². The number of rotatable bonds is 13. The summed E-state index contributed by atoms with van der Waals surface area (Å²) in [5, 5.41) is 57.7. The monoisotopic (exact) mass is 1940 g/mol. The minimum absolute atomic E-state index is 0.100. The molecule has 28 nitrogen and oxygen atoms in total. The number of aromatic nitrogens is 6. The number of aliphatic carboxylic acids is 1. The summed E-state index contributed by atoms with van der Waals surface area (Å²) in [6, 6.07) is 43.3. The molecule has 0 radical (unpaired) electrons. The smallest absolute Gasteiger partial charge is 0.310 e. The third kappa shape index (κ3) is 22.5. The lowest BCUT2D eigenvalue weighted by molar-refractivity contribution is -0.154. The highest BCUT2D eigenvalue weighted by atomic mass is 79.9. The first-order chi connectivity index (χ1) is 60.4. The number of carbonyl (C=O) groups is 3. The molecule has 127 heavy (non-hydrogen) atoms. The number of carboxylic acids is 1. The van der Waals surface area contributed by atoms with Gasteiger partial charge in [0, 0.05) is 174 Å². The summed E-state index contributed by atoms with van der Waals surface area (Å²) in [5.41, 5.74) is 25.9. The average Bonchev–Trinajstić information content (AvgIpc) is 1.59. The lowest BCUT2D eigenvalue weighted by Crippen LogP contribution is -2.24.